The lowest BCUT2D eigenvalue weighted by Crippen LogP contribution is -2.36. The molecule has 0 fully saturated rings. The molecule has 0 aromatic heterocycles. The van der Waals surface area contributed by atoms with Gasteiger partial charge in [-0.25, -0.2) is 5.84 Å². The number of guanidine groups is 1. The van der Waals surface area contributed by atoms with Gasteiger partial charge in [-0.3, -0.25) is 10.4 Å². The quantitative estimate of drug-likeness (QED) is 0.324. The van der Waals surface area contributed by atoms with E-state index in [1.807, 2.05) is 12.1 Å². The van der Waals surface area contributed by atoms with Gasteiger partial charge in [-0.05, 0) is 30.0 Å². The lowest BCUT2D eigenvalue weighted by Gasteiger charge is -2.10. The van der Waals surface area contributed by atoms with Crippen molar-refractivity contribution < 1.29 is 0 Å². The van der Waals surface area contributed by atoms with Crippen molar-refractivity contribution in [3.8, 4) is 0 Å². The summed E-state index contributed by atoms with van der Waals surface area (Å²) in [5.74, 6) is 6.55. The Hall–Kier alpha value is -1.55. The van der Waals surface area contributed by atoms with E-state index in [4.69, 9.17) is 5.84 Å². The number of aliphatic imine (C=N–C) groups is 1. The van der Waals surface area contributed by atoms with E-state index < -0.39 is 0 Å². The Labute approximate surface area is 103 Å². The first-order valence-corrected chi connectivity index (χ1v) is 6.02. The zero-order chi connectivity index (χ0) is 12.7. The molecule has 0 saturated carbocycles. The van der Waals surface area contributed by atoms with Gasteiger partial charge in [0.15, 0.2) is 0 Å². The first kappa shape index (κ1) is 13.5. The molecule has 4 heteroatoms. The molecule has 0 aliphatic heterocycles. The van der Waals surface area contributed by atoms with Crippen LogP contribution >= 0.6 is 0 Å². The van der Waals surface area contributed by atoms with Gasteiger partial charge in [0.05, 0.1) is 0 Å². The molecule has 0 aliphatic carbocycles. The molecule has 0 unspecified atom stereocenters. The number of nitrogens with zero attached hydrogens (tertiary/aromatic N) is 1. The van der Waals surface area contributed by atoms with Crippen LogP contribution in [0.3, 0.4) is 0 Å². The maximum absolute atomic E-state index is 5.43. The molecule has 0 amide bonds. The van der Waals surface area contributed by atoms with Crippen molar-refractivity contribution in [1.82, 2.24) is 5.43 Å². The minimum Gasteiger partial charge on any atom is -0.325 e. The van der Waals surface area contributed by atoms with Gasteiger partial charge in [0.2, 0.25) is 5.96 Å². The number of hydrogen-bond donors (Lipinski definition) is 3. The number of anilines is 1. The predicted octanol–water partition coefficient (Wildman–Crippen LogP) is 2.14. The van der Waals surface area contributed by atoms with Crippen LogP contribution in [0.5, 0.6) is 0 Å². The second-order valence-electron chi connectivity index (χ2n) is 4.41. The molecule has 0 bridgehead atoms. The fraction of sp³-hybridized carbons (Fsp3) is 0.462. The van der Waals surface area contributed by atoms with Gasteiger partial charge >= 0.3 is 0 Å². The van der Waals surface area contributed by atoms with Crippen molar-refractivity contribution in [2.45, 2.75) is 27.2 Å². The van der Waals surface area contributed by atoms with E-state index in [1.165, 1.54) is 5.56 Å². The van der Waals surface area contributed by atoms with E-state index in [2.05, 4.69) is 48.6 Å². The van der Waals surface area contributed by atoms with Crippen molar-refractivity contribution in [2.24, 2.45) is 16.8 Å². The van der Waals surface area contributed by atoms with E-state index >= 15 is 0 Å². The fourth-order valence-electron chi connectivity index (χ4n) is 1.40. The highest BCUT2D eigenvalue weighted by Gasteiger charge is 1.99. The molecule has 17 heavy (non-hydrogen) atoms. The molecule has 94 valence electrons. The summed E-state index contributed by atoms with van der Waals surface area (Å²) in [6.07, 6.45) is 1.02. The zero-order valence-electron chi connectivity index (χ0n) is 10.8. The minimum absolute atomic E-state index is 0.516. The van der Waals surface area contributed by atoms with E-state index in [0.29, 0.717) is 11.9 Å². The van der Waals surface area contributed by atoms with Crippen LogP contribution in [0.25, 0.3) is 0 Å². The smallest absolute Gasteiger partial charge is 0.210 e. The second kappa shape index (κ2) is 6.91. The van der Waals surface area contributed by atoms with Gasteiger partial charge in [0.1, 0.15) is 0 Å². The number of rotatable bonds is 4. The number of aryl methyl sites for hydroxylation is 1. The standard InChI is InChI=1S/C13H22N4/c1-4-11-6-5-7-12(8-11)16-13(17-14)15-9-10(2)3/h5-8,10H,4,9,14H2,1-3H3,(H2,15,16,17). The van der Waals surface area contributed by atoms with E-state index in [0.717, 1.165) is 18.7 Å². The monoisotopic (exact) mass is 234 g/mol. The average Bonchev–Trinajstić information content (AvgIpc) is 2.34. The van der Waals surface area contributed by atoms with Gasteiger partial charge in [0.25, 0.3) is 0 Å². The topological polar surface area (TPSA) is 62.4 Å². The summed E-state index contributed by atoms with van der Waals surface area (Å²) in [5.41, 5.74) is 4.87. The van der Waals surface area contributed by atoms with Gasteiger partial charge in [0, 0.05) is 12.2 Å². The fourth-order valence-corrected chi connectivity index (χ4v) is 1.40. The van der Waals surface area contributed by atoms with Crippen molar-refractivity contribution in [1.29, 1.82) is 0 Å². The van der Waals surface area contributed by atoms with E-state index in [-0.39, 0.29) is 0 Å². The van der Waals surface area contributed by atoms with Crippen molar-refractivity contribution >= 4 is 11.6 Å². The molecular formula is C13H22N4. The third-order valence-electron chi connectivity index (χ3n) is 2.35. The largest absolute Gasteiger partial charge is 0.325 e. The Morgan fingerprint density at radius 1 is 1.41 bits per heavy atom. The first-order chi connectivity index (χ1) is 8.15. The van der Waals surface area contributed by atoms with Crippen LogP contribution in [-0.4, -0.2) is 12.5 Å². The zero-order valence-corrected chi connectivity index (χ0v) is 10.8. The molecule has 4 nitrogen and oxygen atoms in total. The second-order valence-corrected chi connectivity index (χ2v) is 4.41. The third kappa shape index (κ3) is 4.87. The number of benzene rings is 1. The summed E-state index contributed by atoms with van der Waals surface area (Å²) in [7, 11) is 0. The van der Waals surface area contributed by atoms with Gasteiger partial charge in [-0.2, -0.15) is 0 Å². The summed E-state index contributed by atoms with van der Waals surface area (Å²) in [4.78, 5) is 4.36. The molecule has 1 rings (SSSR count). The number of nitrogens with one attached hydrogen (secondary N) is 2. The molecule has 0 atom stereocenters. The highest BCUT2D eigenvalue weighted by Crippen LogP contribution is 2.10. The highest BCUT2D eigenvalue weighted by atomic mass is 15.3. The third-order valence-corrected chi connectivity index (χ3v) is 2.35. The molecule has 0 radical (unpaired) electrons. The number of hydrazine groups is 1. The molecule has 0 saturated heterocycles. The highest BCUT2D eigenvalue weighted by molar-refractivity contribution is 5.93. The van der Waals surface area contributed by atoms with Gasteiger partial charge < -0.3 is 5.32 Å². The molecule has 0 heterocycles. The molecule has 1 aromatic rings. The Bertz CT molecular complexity index is 371. The van der Waals surface area contributed by atoms with E-state index in [1.54, 1.807) is 0 Å². The minimum atomic E-state index is 0.516. The van der Waals surface area contributed by atoms with Crippen molar-refractivity contribution in [2.75, 3.05) is 11.9 Å². The molecule has 0 spiro atoms. The Morgan fingerprint density at radius 2 is 2.18 bits per heavy atom. The maximum atomic E-state index is 5.43. The molecule has 0 aliphatic rings. The summed E-state index contributed by atoms with van der Waals surface area (Å²) in [5, 5.41) is 3.17. The normalized spacial score (nSPS) is 11.7. The lowest BCUT2D eigenvalue weighted by atomic mass is 10.1. The van der Waals surface area contributed by atoms with Crippen molar-refractivity contribution in [3.05, 3.63) is 29.8 Å². The molecule has 4 N–H and O–H groups in total. The average molecular weight is 234 g/mol. The van der Waals surface area contributed by atoms with Gasteiger partial charge in [-0.15, -0.1) is 0 Å². The molecule has 1 aromatic carbocycles. The van der Waals surface area contributed by atoms with Crippen LogP contribution in [0, 0.1) is 5.92 Å². The Morgan fingerprint density at radius 3 is 2.76 bits per heavy atom. The maximum Gasteiger partial charge on any atom is 0.210 e. The van der Waals surface area contributed by atoms with E-state index in [9.17, 15) is 0 Å². The summed E-state index contributed by atoms with van der Waals surface area (Å²) < 4.78 is 0. The summed E-state index contributed by atoms with van der Waals surface area (Å²) in [6.45, 7) is 7.12. The van der Waals surface area contributed by atoms with Crippen LogP contribution in [-0.2, 0) is 6.42 Å². The van der Waals surface area contributed by atoms with Crippen LogP contribution in [0.2, 0.25) is 0 Å². The van der Waals surface area contributed by atoms with Crippen LogP contribution < -0.4 is 16.6 Å². The Balaban J connectivity index is 2.69. The first-order valence-electron chi connectivity index (χ1n) is 6.02. The number of hydrogen-bond acceptors (Lipinski definition) is 2. The Kier molecular flexibility index (Phi) is 5.49. The molecular weight excluding hydrogens is 212 g/mol. The lowest BCUT2D eigenvalue weighted by molar-refractivity contribution is 0.663. The summed E-state index contributed by atoms with van der Waals surface area (Å²) in [6, 6.07) is 8.23. The van der Waals surface area contributed by atoms with Gasteiger partial charge in [-0.1, -0.05) is 32.9 Å². The SMILES string of the molecule is CCc1cccc(NC(=NCC(C)C)NN)c1. The van der Waals surface area contributed by atoms with Crippen LogP contribution in [0.4, 0.5) is 5.69 Å². The number of nitrogens with two attached hydrogens (primary N) is 1. The predicted molar refractivity (Wildman–Crippen MR) is 73.9 cm³/mol. The van der Waals surface area contributed by atoms with Crippen molar-refractivity contribution in [3.63, 3.8) is 0 Å². The summed E-state index contributed by atoms with van der Waals surface area (Å²) >= 11 is 0. The van der Waals surface area contributed by atoms with Crippen LogP contribution in [0.15, 0.2) is 29.3 Å². The van der Waals surface area contributed by atoms with Crippen LogP contribution in [0.1, 0.15) is 26.3 Å².